The lowest BCUT2D eigenvalue weighted by Gasteiger charge is -2.39. The summed E-state index contributed by atoms with van der Waals surface area (Å²) in [6.07, 6.45) is -0.205. The van der Waals surface area contributed by atoms with Gasteiger partial charge in [-0.3, -0.25) is 14.5 Å². The number of piperazine rings is 1. The zero-order valence-corrected chi connectivity index (χ0v) is 12.8. The van der Waals surface area contributed by atoms with E-state index in [-0.39, 0.29) is 30.6 Å². The average molecular weight is 299 g/mol. The van der Waals surface area contributed by atoms with Crippen molar-refractivity contribution >= 4 is 11.8 Å². The molecule has 120 valence electrons. The van der Waals surface area contributed by atoms with Crippen LogP contribution in [-0.2, 0) is 14.3 Å². The van der Waals surface area contributed by atoms with Crippen LogP contribution in [0.4, 0.5) is 0 Å². The van der Waals surface area contributed by atoms with Gasteiger partial charge in [-0.15, -0.1) is 0 Å². The number of carbonyl (C=O) groups excluding carboxylic acids is 2. The number of aliphatic hydroxyl groups excluding tert-OH is 1. The molecule has 1 N–H and O–H groups in total. The van der Waals surface area contributed by atoms with E-state index in [4.69, 9.17) is 4.74 Å². The van der Waals surface area contributed by atoms with Crippen LogP contribution in [0.2, 0.25) is 0 Å². The van der Waals surface area contributed by atoms with Crippen molar-refractivity contribution in [1.29, 1.82) is 0 Å². The summed E-state index contributed by atoms with van der Waals surface area (Å²) in [5.74, 6) is 0.151. The number of nitrogens with zero attached hydrogens (tertiary/aromatic N) is 3. The first-order valence-electron chi connectivity index (χ1n) is 7.51. The average Bonchev–Trinajstić information content (AvgIpc) is 2.49. The highest BCUT2D eigenvalue weighted by atomic mass is 16.5. The van der Waals surface area contributed by atoms with Crippen LogP contribution < -0.4 is 0 Å². The molecule has 0 aromatic heterocycles. The van der Waals surface area contributed by atoms with E-state index >= 15 is 0 Å². The van der Waals surface area contributed by atoms with Crippen LogP contribution in [0.25, 0.3) is 0 Å². The summed E-state index contributed by atoms with van der Waals surface area (Å²) in [6.45, 7) is 7.44. The van der Waals surface area contributed by atoms with Gasteiger partial charge in [-0.25, -0.2) is 0 Å². The normalized spacial score (nSPS) is 27.8. The minimum Gasteiger partial charge on any atom is -0.394 e. The summed E-state index contributed by atoms with van der Waals surface area (Å²) < 4.78 is 5.48. The molecule has 2 amide bonds. The molecule has 2 heterocycles. The molecule has 0 saturated carbocycles. The zero-order chi connectivity index (χ0) is 15.4. The quantitative estimate of drug-likeness (QED) is 0.705. The van der Waals surface area contributed by atoms with Crippen LogP contribution >= 0.6 is 0 Å². The molecule has 21 heavy (non-hydrogen) atoms. The molecule has 2 aliphatic rings. The van der Waals surface area contributed by atoms with Gasteiger partial charge in [-0.1, -0.05) is 0 Å². The lowest BCUT2D eigenvalue weighted by atomic mass is 10.2. The van der Waals surface area contributed by atoms with Crippen LogP contribution in [-0.4, -0.2) is 96.2 Å². The Hall–Kier alpha value is -1.18. The SMILES string of the molecule is CC(=O)N1CCN(C(=O)CN2CC(CO)OCC2C)CC1. The number of hydrogen-bond donors (Lipinski definition) is 1. The topological polar surface area (TPSA) is 73.3 Å². The maximum absolute atomic E-state index is 12.4. The summed E-state index contributed by atoms with van der Waals surface area (Å²) in [5.41, 5.74) is 0. The van der Waals surface area contributed by atoms with E-state index in [0.717, 1.165) is 0 Å². The number of ether oxygens (including phenoxy) is 1. The number of aliphatic hydroxyl groups is 1. The zero-order valence-electron chi connectivity index (χ0n) is 12.8. The number of rotatable bonds is 3. The molecular formula is C14H25N3O4. The van der Waals surface area contributed by atoms with Gasteiger partial charge in [-0.2, -0.15) is 0 Å². The number of hydrogen-bond acceptors (Lipinski definition) is 5. The van der Waals surface area contributed by atoms with Gasteiger partial charge in [0.25, 0.3) is 0 Å². The molecule has 0 spiro atoms. The Morgan fingerprint density at radius 2 is 1.81 bits per heavy atom. The van der Waals surface area contributed by atoms with Crippen molar-refractivity contribution in [3.05, 3.63) is 0 Å². The van der Waals surface area contributed by atoms with Crippen LogP contribution in [0.3, 0.4) is 0 Å². The van der Waals surface area contributed by atoms with E-state index in [0.29, 0.717) is 45.9 Å². The highest BCUT2D eigenvalue weighted by Crippen LogP contribution is 2.12. The highest BCUT2D eigenvalue weighted by Gasteiger charge is 2.29. The molecular weight excluding hydrogens is 274 g/mol. The highest BCUT2D eigenvalue weighted by molar-refractivity contribution is 5.79. The third-order valence-electron chi connectivity index (χ3n) is 4.25. The molecule has 2 saturated heterocycles. The van der Waals surface area contributed by atoms with Gasteiger partial charge in [-0.05, 0) is 6.92 Å². The number of carbonyl (C=O) groups is 2. The lowest BCUT2D eigenvalue weighted by molar-refractivity contribution is -0.142. The molecule has 7 heteroatoms. The fraction of sp³-hybridized carbons (Fsp3) is 0.857. The largest absolute Gasteiger partial charge is 0.394 e. The van der Waals surface area contributed by atoms with Crippen molar-refractivity contribution in [2.24, 2.45) is 0 Å². The van der Waals surface area contributed by atoms with Gasteiger partial charge in [0.05, 0.1) is 25.9 Å². The maximum Gasteiger partial charge on any atom is 0.236 e. The maximum atomic E-state index is 12.4. The van der Waals surface area contributed by atoms with Crippen LogP contribution in [0.5, 0.6) is 0 Å². The van der Waals surface area contributed by atoms with Gasteiger partial charge in [0.2, 0.25) is 11.8 Å². The fourth-order valence-electron chi connectivity index (χ4n) is 2.75. The first-order valence-corrected chi connectivity index (χ1v) is 7.51. The van der Waals surface area contributed by atoms with Crippen molar-refractivity contribution in [3.8, 4) is 0 Å². The third kappa shape index (κ3) is 4.15. The minimum absolute atomic E-state index is 0.0192. The van der Waals surface area contributed by atoms with E-state index in [1.807, 2.05) is 11.8 Å². The summed E-state index contributed by atoms with van der Waals surface area (Å²) >= 11 is 0. The van der Waals surface area contributed by atoms with Gasteiger partial charge in [0, 0.05) is 45.7 Å². The molecule has 2 fully saturated rings. The van der Waals surface area contributed by atoms with Crippen LogP contribution in [0, 0.1) is 0 Å². The molecule has 0 bridgehead atoms. The molecule has 2 rings (SSSR count). The lowest BCUT2D eigenvalue weighted by Crippen LogP contribution is -2.56. The van der Waals surface area contributed by atoms with Crippen LogP contribution in [0.15, 0.2) is 0 Å². The summed E-state index contributed by atoms with van der Waals surface area (Å²) in [5, 5.41) is 9.17. The molecule has 0 radical (unpaired) electrons. The van der Waals surface area contributed by atoms with E-state index in [1.54, 1.807) is 11.8 Å². The fourth-order valence-corrected chi connectivity index (χ4v) is 2.75. The van der Waals surface area contributed by atoms with Crippen LogP contribution in [0.1, 0.15) is 13.8 Å². The van der Waals surface area contributed by atoms with E-state index in [9.17, 15) is 14.7 Å². The number of morpholine rings is 1. The Bertz CT molecular complexity index is 382. The van der Waals surface area contributed by atoms with E-state index in [1.165, 1.54) is 0 Å². The third-order valence-corrected chi connectivity index (χ3v) is 4.25. The van der Waals surface area contributed by atoms with E-state index < -0.39 is 0 Å². The first kappa shape index (κ1) is 16.2. The summed E-state index contributed by atoms with van der Waals surface area (Å²) in [4.78, 5) is 29.3. The summed E-state index contributed by atoms with van der Waals surface area (Å²) in [7, 11) is 0. The number of amides is 2. The molecule has 0 aromatic carbocycles. The van der Waals surface area contributed by atoms with Gasteiger partial charge < -0.3 is 19.6 Å². The molecule has 0 aliphatic carbocycles. The second-order valence-electron chi connectivity index (χ2n) is 5.80. The predicted molar refractivity (Wildman–Crippen MR) is 76.7 cm³/mol. The van der Waals surface area contributed by atoms with Gasteiger partial charge in [0.15, 0.2) is 0 Å². The van der Waals surface area contributed by atoms with Crippen molar-refractivity contribution in [1.82, 2.24) is 14.7 Å². The Balaban J connectivity index is 1.82. The molecule has 0 aromatic rings. The van der Waals surface area contributed by atoms with Crippen molar-refractivity contribution in [2.45, 2.75) is 26.0 Å². The smallest absolute Gasteiger partial charge is 0.236 e. The molecule has 2 unspecified atom stereocenters. The molecule has 7 nitrogen and oxygen atoms in total. The van der Waals surface area contributed by atoms with Crippen molar-refractivity contribution in [2.75, 3.05) is 52.5 Å². The molecule has 2 aliphatic heterocycles. The summed E-state index contributed by atoms with van der Waals surface area (Å²) in [6, 6.07) is 0.176. The van der Waals surface area contributed by atoms with Gasteiger partial charge >= 0.3 is 0 Å². The van der Waals surface area contributed by atoms with Crippen molar-refractivity contribution in [3.63, 3.8) is 0 Å². The standard InChI is InChI=1S/C14H25N3O4/c1-11-10-21-13(9-18)7-17(11)8-14(20)16-5-3-15(4-6-16)12(2)19/h11,13,18H,3-10H2,1-2H3. The van der Waals surface area contributed by atoms with Crippen molar-refractivity contribution < 1.29 is 19.4 Å². The monoisotopic (exact) mass is 299 g/mol. The Kier molecular flexibility index (Phi) is 5.55. The Morgan fingerprint density at radius 1 is 1.19 bits per heavy atom. The molecule has 2 atom stereocenters. The second-order valence-corrected chi connectivity index (χ2v) is 5.80. The Morgan fingerprint density at radius 3 is 2.38 bits per heavy atom. The first-order chi connectivity index (χ1) is 10.0. The second kappa shape index (κ2) is 7.20. The van der Waals surface area contributed by atoms with Gasteiger partial charge in [0.1, 0.15) is 0 Å². The van der Waals surface area contributed by atoms with E-state index in [2.05, 4.69) is 4.90 Å². The minimum atomic E-state index is -0.205. The predicted octanol–water partition coefficient (Wildman–Crippen LogP) is -1.24. The Labute approximate surface area is 125 Å².